The number of nitrogens with zero attached hydrogens (tertiary/aromatic N) is 2. The Bertz CT molecular complexity index is 1930. The number of aromatic nitrogens is 4. The second kappa shape index (κ2) is 13.3. The van der Waals surface area contributed by atoms with E-state index in [1.54, 1.807) is 13.8 Å². The van der Waals surface area contributed by atoms with Crippen molar-refractivity contribution in [2.45, 2.75) is 79.4 Å². The van der Waals surface area contributed by atoms with E-state index in [1.165, 1.54) is 0 Å². The first kappa shape index (κ1) is 34.1. The number of hydrogen-bond acceptors (Lipinski definition) is 6. The van der Waals surface area contributed by atoms with Gasteiger partial charge in [0.25, 0.3) is 0 Å². The summed E-state index contributed by atoms with van der Waals surface area (Å²) in [5, 5.41) is 40.5. The maximum atomic E-state index is 11.6. The first-order valence-corrected chi connectivity index (χ1v) is 14.7. The summed E-state index contributed by atoms with van der Waals surface area (Å²) in [5.74, 6) is -1.83. The zero-order valence-corrected chi connectivity index (χ0v) is 28.3. The van der Waals surface area contributed by atoms with Crippen LogP contribution in [0.5, 0.6) is 0 Å². The number of hydrogen-bond donors (Lipinski definition) is 6. The van der Waals surface area contributed by atoms with Crippen LogP contribution >= 0.6 is 0 Å². The van der Waals surface area contributed by atoms with Crippen molar-refractivity contribution in [3.63, 3.8) is 0 Å². The van der Waals surface area contributed by atoms with E-state index >= 15 is 0 Å². The van der Waals surface area contributed by atoms with Crippen molar-refractivity contribution in [2.75, 3.05) is 0 Å². The number of aliphatic hydroxyl groups is 2. The molecule has 0 saturated carbocycles. The van der Waals surface area contributed by atoms with Gasteiger partial charge in [-0.25, -0.2) is 9.97 Å². The second-order valence-electron chi connectivity index (χ2n) is 11.7. The van der Waals surface area contributed by atoms with Crippen LogP contribution in [-0.2, 0) is 38.4 Å². The Labute approximate surface area is 276 Å². The number of allylic oxidation sites excluding steroid dienone is 3. The Morgan fingerprint density at radius 1 is 0.689 bits per heavy atom. The molecule has 0 spiro atoms. The predicted molar refractivity (Wildman–Crippen MR) is 171 cm³/mol. The molecule has 0 fully saturated rings. The number of nitrogens with one attached hydrogen (secondary N) is 2. The van der Waals surface area contributed by atoms with Crippen molar-refractivity contribution in [1.29, 1.82) is 0 Å². The third-order valence-corrected chi connectivity index (χ3v) is 8.65. The van der Waals surface area contributed by atoms with Crippen molar-refractivity contribution in [2.24, 2.45) is 0 Å². The zero-order valence-electron chi connectivity index (χ0n) is 26.1. The molecule has 3 aromatic heterocycles. The van der Waals surface area contributed by atoms with E-state index in [0.29, 0.717) is 44.9 Å². The Morgan fingerprint density at radius 3 is 1.82 bits per heavy atom. The number of aromatic amines is 2. The fourth-order valence-electron chi connectivity index (χ4n) is 6.31. The molecule has 0 aliphatic carbocycles. The van der Waals surface area contributed by atoms with Gasteiger partial charge >= 0.3 is 11.9 Å². The molecule has 241 valence electrons. The van der Waals surface area contributed by atoms with Gasteiger partial charge in [0, 0.05) is 68.4 Å². The van der Waals surface area contributed by atoms with E-state index in [4.69, 9.17) is 9.97 Å². The number of rotatable bonds is 8. The number of carboxylic acids is 2. The van der Waals surface area contributed by atoms with Crippen LogP contribution in [-0.4, -0.2) is 58.4 Å². The molecule has 2 aliphatic rings. The van der Waals surface area contributed by atoms with Crippen molar-refractivity contribution in [3.05, 3.63) is 69.3 Å². The maximum Gasteiger partial charge on any atom is 0.303 e. The van der Waals surface area contributed by atoms with E-state index in [2.05, 4.69) is 9.97 Å². The molecule has 0 aromatic carbocycles. The summed E-state index contributed by atoms with van der Waals surface area (Å²) in [5.41, 5.74) is 11.7. The standard InChI is InChI=1S/C34H38N4O6.Au/c1-15-21(7-9-31(41)42)27-14-28-22(8-10-32(43)44)16(2)24(36-28)12-29-34(20(6)40)18(4)26(38-29)13-30-33(19(5)39)17(3)25(37-30)11-23(15)35-27;/h11-14,19-20,35,38-40H,7-10H2,1-6H3,(H,41,42)(H,43,44);. The van der Waals surface area contributed by atoms with Crippen LogP contribution < -0.4 is 0 Å². The van der Waals surface area contributed by atoms with Crippen molar-refractivity contribution in [1.82, 2.24) is 19.9 Å². The van der Waals surface area contributed by atoms with Gasteiger partial charge in [-0.3, -0.25) is 9.59 Å². The Kier molecular flexibility index (Phi) is 10.1. The van der Waals surface area contributed by atoms with Crippen LogP contribution in [0.1, 0.15) is 98.1 Å². The maximum absolute atomic E-state index is 11.6. The number of H-pyrrole nitrogens is 2. The van der Waals surface area contributed by atoms with E-state index in [0.717, 1.165) is 44.4 Å². The third kappa shape index (κ3) is 6.61. The smallest absolute Gasteiger partial charge is 0.303 e. The van der Waals surface area contributed by atoms with Crippen LogP contribution in [0, 0.1) is 13.8 Å². The molecule has 5 rings (SSSR count). The Hall–Kier alpha value is -3.80. The van der Waals surface area contributed by atoms with Crippen molar-refractivity contribution in [3.8, 4) is 0 Å². The topological polar surface area (TPSA) is 172 Å². The molecule has 10 nitrogen and oxygen atoms in total. The largest absolute Gasteiger partial charge is 0.481 e. The van der Waals surface area contributed by atoms with Crippen LogP contribution in [0.4, 0.5) is 0 Å². The van der Waals surface area contributed by atoms with Crippen LogP contribution in [0.2, 0.25) is 0 Å². The van der Waals surface area contributed by atoms with Gasteiger partial charge in [-0.1, -0.05) is 0 Å². The quantitative estimate of drug-likeness (QED) is 0.148. The van der Waals surface area contributed by atoms with Gasteiger partial charge < -0.3 is 30.4 Å². The number of fused-ring (bicyclic) bond motifs is 8. The minimum absolute atomic E-state index is 0. The van der Waals surface area contributed by atoms with Gasteiger partial charge in [0.2, 0.25) is 0 Å². The first-order chi connectivity index (χ1) is 20.8. The van der Waals surface area contributed by atoms with Gasteiger partial charge in [0.05, 0.1) is 35.0 Å². The first-order valence-electron chi connectivity index (χ1n) is 14.7. The Morgan fingerprint density at radius 2 is 1.20 bits per heavy atom. The fraction of sp³-hybridized carbons (Fsp3) is 0.353. The van der Waals surface area contributed by atoms with E-state index < -0.39 is 24.1 Å². The minimum atomic E-state index is -0.917. The SMILES string of the molecule is CC1=C(CCC(=O)O)c2cc3[nH]c(cc4nc(cc5[nH]c(cc1n2)c(C(C)O)c5C)C(C(C)O)=C4C)c(C)c3CCC(=O)O.[Au]. The summed E-state index contributed by atoms with van der Waals surface area (Å²) < 4.78 is 0. The summed E-state index contributed by atoms with van der Waals surface area (Å²) in [6.07, 6.45) is -1.16. The monoisotopic (exact) mass is 795 g/mol. The normalized spacial score (nSPS) is 14.4. The summed E-state index contributed by atoms with van der Waals surface area (Å²) in [4.78, 5) is 39.8. The van der Waals surface area contributed by atoms with E-state index in [9.17, 15) is 30.0 Å². The molecule has 2 unspecified atom stereocenters. The summed E-state index contributed by atoms with van der Waals surface area (Å²) in [6.45, 7) is 11.1. The number of aliphatic hydroxyl groups excluding tert-OH is 2. The number of aliphatic carboxylic acids is 2. The molecular weight excluding hydrogens is 757 g/mol. The second-order valence-corrected chi connectivity index (χ2v) is 11.7. The summed E-state index contributed by atoms with van der Waals surface area (Å²) in [7, 11) is 0. The predicted octanol–water partition coefficient (Wildman–Crippen LogP) is 6.11. The minimum Gasteiger partial charge on any atom is -0.481 e. The Balaban J connectivity index is 0.00000461. The molecular formula is C34H38AuN4O6. The fourth-order valence-corrected chi connectivity index (χ4v) is 6.31. The molecule has 2 aliphatic heterocycles. The molecule has 11 heteroatoms. The average Bonchev–Trinajstić information content (AvgIpc) is 3.59. The molecule has 8 bridgehead atoms. The van der Waals surface area contributed by atoms with Crippen LogP contribution in [0.25, 0.3) is 44.4 Å². The number of carboxylic acid groups (broad SMARTS) is 2. The zero-order chi connectivity index (χ0) is 32.0. The van der Waals surface area contributed by atoms with Gasteiger partial charge in [0.15, 0.2) is 0 Å². The number of carbonyl (C=O) groups is 2. The summed E-state index contributed by atoms with van der Waals surface area (Å²) in [6, 6.07) is 7.51. The molecule has 45 heavy (non-hydrogen) atoms. The molecule has 3 aromatic rings. The average molecular weight is 796 g/mol. The van der Waals surface area contributed by atoms with Gasteiger partial charge in [-0.05, 0) is 112 Å². The van der Waals surface area contributed by atoms with Crippen molar-refractivity contribution >= 4 is 56.3 Å². The van der Waals surface area contributed by atoms with Gasteiger partial charge in [-0.2, -0.15) is 0 Å². The molecule has 6 N–H and O–H groups in total. The van der Waals surface area contributed by atoms with Crippen LogP contribution in [0.15, 0.2) is 24.3 Å². The molecule has 0 saturated heterocycles. The van der Waals surface area contributed by atoms with E-state index in [1.807, 2.05) is 52.0 Å². The van der Waals surface area contributed by atoms with E-state index in [-0.39, 0.29) is 48.1 Å². The van der Waals surface area contributed by atoms with Crippen molar-refractivity contribution < 1.29 is 52.4 Å². The molecule has 1 radical (unpaired) electrons. The van der Waals surface area contributed by atoms with Gasteiger partial charge in [-0.15, -0.1) is 0 Å². The molecule has 0 amide bonds. The van der Waals surface area contributed by atoms with Crippen LogP contribution in [0.3, 0.4) is 0 Å². The summed E-state index contributed by atoms with van der Waals surface area (Å²) >= 11 is 0. The third-order valence-electron chi connectivity index (χ3n) is 8.65. The molecule has 5 heterocycles. The number of aryl methyl sites for hydroxylation is 3. The molecule has 2 atom stereocenters. The van der Waals surface area contributed by atoms with Gasteiger partial charge in [0.1, 0.15) is 0 Å².